The summed E-state index contributed by atoms with van der Waals surface area (Å²) in [5.41, 5.74) is 2.46. The Labute approximate surface area is 204 Å². The van der Waals surface area contributed by atoms with Crippen molar-refractivity contribution in [2.24, 2.45) is 0 Å². The summed E-state index contributed by atoms with van der Waals surface area (Å²) in [7, 11) is 0. The smallest absolute Gasteiger partial charge is 0.227 e. The summed E-state index contributed by atoms with van der Waals surface area (Å²) in [4.78, 5) is 2.10. The first-order valence-corrected chi connectivity index (χ1v) is 11.6. The van der Waals surface area contributed by atoms with Crippen LogP contribution in [0.5, 0.6) is 11.6 Å². The van der Waals surface area contributed by atoms with Gasteiger partial charge < -0.3 is 14.3 Å². The number of para-hydroxylation sites is 1. The molecule has 0 fully saturated rings. The van der Waals surface area contributed by atoms with Crippen molar-refractivity contribution in [2.75, 3.05) is 6.54 Å². The van der Waals surface area contributed by atoms with E-state index < -0.39 is 6.10 Å². The van der Waals surface area contributed by atoms with Crippen LogP contribution in [0, 0.1) is 12.7 Å². The Morgan fingerprint density at radius 3 is 2.69 bits per heavy atom. The van der Waals surface area contributed by atoms with E-state index in [1.165, 1.54) is 12.1 Å². The number of nitrogens with zero attached hydrogens (tertiary/aromatic N) is 3. The number of halogens is 1. The molecule has 2 aromatic heterocycles. The average molecular weight is 476 g/mol. The summed E-state index contributed by atoms with van der Waals surface area (Å²) in [5, 5.41) is 15.4. The van der Waals surface area contributed by atoms with Gasteiger partial charge in [0.15, 0.2) is 0 Å². The Balaban J connectivity index is 1.69. The largest absolute Gasteiger partial charge is 0.468 e. The van der Waals surface area contributed by atoms with Crippen LogP contribution in [0.25, 0.3) is 5.69 Å². The molecule has 0 spiro atoms. The standard InChI is InChI=1S/C28H30FN3O3/c1-3-4-13-24(33)18-31(19-26-15-9-16-34-26)20-27-21(2)30-32(23-11-6-5-7-12-23)28(27)35-25-14-8-10-22(29)17-25/h3,5-12,14-17,24,33H,1,4,13,18-20H2,2H3/t24-/m1/s1. The van der Waals surface area contributed by atoms with Crippen molar-refractivity contribution in [1.29, 1.82) is 0 Å². The van der Waals surface area contributed by atoms with Gasteiger partial charge in [-0.15, -0.1) is 6.58 Å². The molecule has 35 heavy (non-hydrogen) atoms. The van der Waals surface area contributed by atoms with Crippen LogP contribution in [0.3, 0.4) is 0 Å². The summed E-state index contributed by atoms with van der Waals surface area (Å²) >= 11 is 0. The summed E-state index contributed by atoms with van der Waals surface area (Å²) in [5.74, 6) is 1.30. The van der Waals surface area contributed by atoms with Crippen LogP contribution in [0.1, 0.15) is 29.9 Å². The van der Waals surface area contributed by atoms with Crippen LogP contribution in [-0.2, 0) is 13.1 Å². The van der Waals surface area contributed by atoms with Crippen LogP contribution < -0.4 is 4.74 Å². The van der Waals surface area contributed by atoms with Gasteiger partial charge in [-0.1, -0.05) is 30.3 Å². The molecule has 4 rings (SSSR count). The molecule has 0 amide bonds. The first kappa shape index (κ1) is 24.4. The quantitative estimate of drug-likeness (QED) is 0.253. The lowest BCUT2D eigenvalue weighted by Crippen LogP contribution is -2.32. The van der Waals surface area contributed by atoms with Gasteiger partial charge in [-0.2, -0.15) is 5.10 Å². The molecule has 2 heterocycles. The van der Waals surface area contributed by atoms with Crippen LogP contribution in [0.2, 0.25) is 0 Å². The number of hydrogen-bond donors (Lipinski definition) is 1. The van der Waals surface area contributed by atoms with Gasteiger partial charge in [0.05, 0.1) is 35.9 Å². The van der Waals surface area contributed by atoms with Crippen LogP contribution in [0.4, 0.5) is 4.39 Å². The number of rotatable bonds is 12. The lowest BCUT2D eigenvalue weighted by atomic mass is 10.1. The fourth-order valence-corrected chi connectivity index (χ4v) is 3.94. The number of aromatic nitrogens is 2. The lowest BCUT2D eigenvalue weighted by molar-refractivity contribution is 0.0939. The lowest BCUT2D eigenvalue weighted by Gasteiger charge is -2.24. The number of benzene rings is 2. The van der Waals surface area contributed by atoms with E-state index in [1.807, 2.05) is 49.4 Å². The van der Waals surface area contributed by atoms with Gasteiger partial charge in [0, 0.05) is 19.2 Å². The Morgan fingerprint density at radius 2 is 1.97 bits per heavy atom. The zero-order valence-electron chi connectivity index (χ0n) is 19.8. The topological polar surface area (TPSA) is 63.7 Å². The number of furan rings is 1. The highest BCUT2D eigenvalue weighted by Gasteiger charge is 2.23. The highest BCUT2D eigenvalue weighted by Crippen LogP contribution is 2.32. The van der Waals surface area contributed by atoms with Gasteiger partial charge in [0.1, 0.15) is 17.3 Å². The van der Waals surface area contributed by atoms with Crippen LogP contribution in [0.15, 0.2) is 90.1 Å². The van der Waals surface area contributed by atoms with Gasteiger partial charge in [-0.25, -0.2) is 9.07 Å². The highest BCUT2D eigenvalue weighted by molar-refractivity contribution is 5.43. The number of allylic oxidation sites excluding steroid dienone is 1. The zero-order valence-corrected chi connectivity index (χ0v) is 19.8. The molecule has 6 nitrogen and oxygen atoms in total. The molecule has 0 bridgehead atoms. The molecule has 0 aliphatic rings. The summed E-state index contributed by atoms with van der Waals surface area (Å²) in [6, 6.07) is 19.5. The van der Waals surface area contributed by atoms with Gasteiger partial charge in [0.25, 0.3) is 0 Å². The van der Waals surface area contributed by atoms with E-state index in [0.717, 1.165) is 29.1 Å². The molecule has 2 aromatic carbocycles. The van der Waals surface area contributed by atoms with E-state index in [0.29, 0.717) is 37.7 Å². The predicted molar refractivity (Wildman–Crippen MR) is 133 cm³/mol. The average Bonchev–Trinajstić information content (AvgIpc) is 3.47. The molecule has 0 saturated heterocycles. The summed E-state index contributed by atoms with van der Waals surface area (Å²) in [6.45, 7) is 7.07. The highest BCUT2D eigenvalue weighted by atomic mass is 19.1. The van der Waals surface area contributed by atoms with Crippen molar-refractivity contribution in [1.82, 2.24) is 14.7 Å². The summed E-state index contributed by atoms with van der Waals surface area (Å²) < 4.78 is 27.5. The second kappa shape index (κ2) is 11.6. The number of aliphatic hydroxyl groups is 1. The maximum atomic E-state index is 13.9. The third kappa shape index (κ3) is 6.47. The van der Waals surface area contributed by atoms with Crippen molar-refractivity contribution in [3.63, 3.8) is 0 Å². The van der Waals surface area contributed by atoms with Crippen molar-refractivity contribution < 1.29 is 18.7 Å². The molecular formula is C28H30FN3O3. The van der Waals surface area contributed by atoms with Gasteiger partial charge in [-0.05, 0) is 56.2 Å². The van der Waals surface area contributed by atoms with E-state index in [2.05, 4.69) is 11.5 Å². The Bertz CT molecular complexity index is 1220. The SMILES string of the molecule is C=CCC[C@@H](O)CN(Cc1ccco1)Cc1c(C)nn(-c2ccccc2)c1Oc1cccc(F)c1. The fraction of sp³-hybridized carbons (Fsp3) is 0.250. The zero-order chi connectivity index (χ0) is 24.6. The monoisotopic (exact) mass is 475 g/mol. The molecule has 7 heteroatoms. The van der Waals surface area contributed by atoms with Crippen molar-refractivity contribution in [3.8, 4) is 17.3 Å². The number of ether oxygens (including phenoxy) is 1. The van der Waals surface area contributed by atoms with Crippen LogP contribution in [-0.4, -0.2) is 32.4 Å². The number of aryl methyl sites for hydroxylation is 1. The molecule has 0 radical (unpaired) electrons. The Hall–Kier alpha value is -3.68. The Kier molecular flexibility index (Phi) is 8.13. The third-order valence-corrected chi connectivity index (χ3v) is 5.66. The molecule has 1 atom stereocenters. The molecule has 0 saturated carbocycles. The molecule has 0 unspecified atom stereocenters. The van der Waals surface area contributed by atoms with E-state index >= 15 is 0 Å². The second-order valence-electron chi connectivity index (χ2n) is 8.44. The fourth-order valence-electron chi connectivity index (χ4n) is 3.94. The van der Waals surface area contributed by atoms with Gasteiger partial charge in [0.2, 0.25) is 5.88 Å². The number of hydrogen-bond acceptors (Lipinski definition) is 5. The molecule has 1 N–H and O–H groups in total. The normalized spacial score (nSPS) is 12.1. The molecule has 0 aliphatic carbocycles. The van der Waals surface area contributed by atoms with E-state index in [1.54, 1.807) is 29.2 Å². The maximum Gasteiger partial charge on any atom is 0.227 e. The minimum absolute atomic E-state index is 0.378. The van der Waals surface area contributed by atoms with Crippen molar-refractivity contribution >= 4 is 0 Å². The second-order valence-corrected chi connectivity index (χ2v) is 8.44. The maximum absolute atomic E-state index is 13.9. The molecule has 4 aromatic rings. The van der Waals surface area contributed by atoms with E-state index in [4.69, 9.17) is 14.3 Å². The molecule has 182 valence electrons. The molecule has 0 aliphatic heterocycles. The minimum atomic E-state index is -0.528. The number of aliphatic hydroxyl groups excluding tert-OH is 1. The Morgan fingerprint density at radius 1 is 1.14 bits per heavy atom. The minimum Gasteiger partial charge on any atom is -0.468 e. The van der Waals surface area contributed by atoms with Crippen LogP contribution >= 0.6 is 0 Å². The van der Waals surface area contributed by atoms with Gasteiger partial charge >= 0.3 is 0 Å². The van der Waals surface area contributed by atoms with Gasteiger partial charge in [-0.3, -0.25) is 4.90 Å². The molecular weight excluding hydrogens is 445 g/mol. The van der Waals surface area contributed by atoms with E-state index in [-0.39, 0.29) is 5.82 Å². The third-order valence-electron chi connectivity index (χ3n) is 5.66. The predicted octanol–water partition coefficient (Wildman–Crippen LogP) is 6.03. The summed E-state index contributed by atoms with van der Waals surface area (Å²) in [6.07, 6.45) is 4.26. The first-order valence-electron chi connectivity index (χ1n) is 11.6. The van der Waals surface area contributed by atoms with Crippen molar-refractivity contribution in [2.45, 2.75) is 39.0 Å². The van der Waals surface area contributed by atoms with Crippen molar-refractivity contribution in [3.05, 3.63) is 108 Å². The van der Waals surface area contributed by atoms with E-state index in [9.17, 15) is 9.50 Å². The first-order chi connectivity index (χ1) is 17.0.